The van der Waals surface area contributed by atoms with Crippen molar-refractivity contribution in [1.29, 1.82) is 0 Å². The van der Waals surface area contributed by atoms with Gasteiger partial charge in [0, 0.05) is 5.41 Å². The monoisotopic (exact) mass is 324 g/mol. The van der Waals surface area contributed by atoms with Crippen molar-refractivity contribution >= 4 is 8.32 Å². The third-order valence-corrected chi connectivity index (χ3v) is 7.87. The molecule has 1 unspecified atom stereocenters. The number of rotatable bonds is 4. The zero-order valence-electron chi connectivity index (χ0n) is 14.6. The Kier molecular flexibility index (Phi) is 4.74. The molecule has 0 spiro atoms. The van der Waals surface area contributed by atoms with Crippen LogP contribution in [0.15, 0.2) is 60.7 Å². The predicted molar refractivity (Wildman–Crippen MR) is 100 cm³/mol. The molecular weight excluding hydrogens is 296 g/mol. The van der Waals surface area contributed by atoms with E-state index in [1.807, 2.05) is 0 Å². The van der Waals surface area contributed by atoms with Gasteiger partial charge in [0.15, 0.2) is 8.32 Å². The summed E-state index contributed by atoms with van der Waals surface area (Å²) < 4.78 is 6.78. The predicted octanol–water partition coefficient (Wildman–Crippen LogP) is 5.77. The van der Waals surface area contributed by atoms with E-state index in [2.05, 4.69) is 80.7 Å². The Morgan fingerprint density at radius 3 is 1.91 bits per heavy atom. The minimum atomic E-state index is -1.55. The molecular formula is C21H28OSi. The molecule has 1 fully saturated rings. The van der Waals surface area contributed by atoms with Crippen LogP contribution in [0.4, 0.5) is 0 Å². The minimum absolute atomic E-state index is 0.0345. The van der Waals surface area contributed by atoms with Gasteiger partial charge < -0.3 is 4.43 Å². The fraction of sp³-hybridized carbons (Fsp3) is 0.429. The van der Waals surface area contributed by atoms with E-state index in [0.717, 1.165) is 12.8 Å². The fourth-order valence-corrected chi connectivity index (χ4v) is 6.47. The first-order chi connectivity index (χ1) is 11.1. The Morgan fingerprint density at radius 1 is 0.957 bits per heavy atom. The van der Waals surface area contributed by atoms with Gasteiger partial charge >= 0.3 is 0 Å². The first kappa shape index (κ1) is 16.5. The molecule has 2 aromatic carbocycles. The van der Waals surface area contributed by atoms with Crippen molar-refractivity contribution in [2.24, 2.45) is 0 Å². The van der Waals surface area contributed by atoms with Gasteiger partial charge in [-0.3, -0.25) is 0 Å². The number of benzene rings is 2. The molecule has 1 aliphatic heterocycles. The highest BCUT2D eigenvalue weighted by atomic mass is 28.4. The summed E-state index contributed by atoms with van der Waals surface area (Å²) >= 11 is 0. The molecule has 0 saturated carbocycles. The summed E-state index contributed by atoms with van der Waals surface area (Å²) in [5, 5.41) is 0. The van der Waals surface area contributed by atoms with Crippen LogP contribution in [-0.4, -0.2) is 14.4 Å². The maximum Gasteiger partial charge on any atom is 0.187 e. The van der Waals surface area contributed by atoms with Crippen LogP contribution in [-0.2, 0) is 9.84 Å². The van der Waals surface area contributed by atoms with Crippen molar-refractivity contribution in [2.75, 3.05) is 0 Å². The van der Waals surface area contributed by atoms with E-state index in [9.17, 15) is 0 Å². The van der Waals surface area contributed by atoms with Crippen LogP contribution >= 0.6 is 0 Å². The molecule has 0 radical (unpaired) electrons. The summed E-state index contributed by atoms with van der Waals surface area (Å²) in [5.41, 5.74) is 2.75. The molecule has 0 aromatic heterocycles. The van der Waals surface area contributed by atoms with E-state index in [-0.39, 0.29) is 11.5 Å². The molecule has 122 valence electrons. The van der Waals surface area contributed by atoms with E-state index < -0.39 is 8.32 Å². The van der Waals surface area contributed by atoms with Crippen molar-refractivity contribution in [3.63, 3.8) is 0 Å². The lowest BCUT2D eigenvalue weighted by molar-refractivity contribution is 0.0907. The van der Waals surface area contributed by atoms with Gasteiger partial charge in [-0.1, -0.05) is 74.0 Å². The Morgan fingerprint density at radius 2 is 1.48 bits per heavy atom. The summed E-state index contributed by atoms with van der Waals surface area (Å²) in [7, 11) is -1.55. The lowest BCUT2D eigenvalue weighted by atomic mass is 9.67. The Bertz CT molecular complexity index is 581. The standard InChI is InChI=1S/C21H28OSi/c1-4-21(18-12-7-5-8-13-18,19-14-9-6-10-15-19)20-16-11-17-23(2,3)22-20/h5-10,12-15,20H,4,11,16-17H2,1-3H3. The molecule has 1 saturated heterocycles. The highest BCUT2D eigenvalue weighted by molar-refractivity contribution is 6.71. The summed E-state index contributed by atoms with van der Waals surface area (Å²) in [6.07, 6.45) is 3.81. The fourth-order valence-electron chi connectivity index (χ4n) is 4.21. The normalized spacial score (nSPS) is 21.1. The summed E-state index contributed by atoms with van der Waals surface area (Å²) in [6.45, 7) is 7.05. The third kappa shape index (κ3) is 3.15. The average Bonchev–Trinajstić information content (AvgIpc) is 2.57. The van der Waals surface area contributed by atoms with Gasteiger partial charge in [0.1, 0.15) is 0 Å². The van der Waals surface area contributed by atoms with Crippen LogP contribution in [0.3, 0.4) is 0 Å². The van der Waals surface area contributed by atoms with E-state index in [1.54, 1.807) is 0 Å². The lowest BCUT2D eigenvalue weighted by Crippen LogP contribution is -2.50. The molecule has 0 N–H and O–H groups in total. The maximum atomic E-state index is 6.78. The second kappa shape index (κ2) is 6.62. The van der Waals surface area contributed by atoms with Gasteiger partial charge in [0.2, 0.25) is 0 Å². The van der Waals surface area contributed by atoms with E-state index in [0.29, 0.717) is 0 Å². The molecule has 0 amide bonds. The van der Waals surface area contributed by atoms with Crippen molar-refractivity contribution in [2.45, 2.75) is 56.8 Å². The van der Waals surface area contributed by atoms with Crippen molar-refractivity contribution in [3.8, 4) is 0 Å². The SMILES string of the molecule is CCC(c1ccccc1)(c1ccccc1)C1CCC[Si](C)(C)O1. The third-order valence-electron chi connectivity index (χ3n) is 5.39. The molecule has 1 atom stereocenters. The molecule has 1 nitrogen and oxygen atoms in total. The first-order valence-electron chi connectivity index (χ1n) is 8.87. The Labute approximate surface area is 141 Å². The molecule has 2 aromatic rings. The van der Waals surface area contributed by atoms with Crippen LogP contribution in [0.2, 0.25) is 19.1 Å². The Balaban J connectivity index is 2.13. The maximum absolute atomic E-state index is 6.78. The van der Waals surface area contributed by atoms with Crippen molar-refractivity contribution in [1.82, 2.24) is 0 Å². The summed E-state index contributed by atoms with van der Waals surface area (Å²) in [4.78, 5) is 0. The van der Waals surface area contributed by atoms with Crippen LogP contribution in [0.25, 0.3) is 0 Å². The van der Waals surface area contributed by atoms with Crippen LogP contribution in [0, 0.1) is 0 Å². The van der Waals surface area contributed by atoms with Gasteiger partial charge in [-0.05, 0) is 43.1 Å². The Hall–Kier alpha value is -1.38. The molecule has 23 heavy (non-hydrogen) atoms. The van der Waals surface area contributed by atoms with Gasteiger partial charge in [-0.25, -0.2) is 0 Å². The average molecular weight is 325 g/mol. The molecule has 2 heteroatoms. The molecule has 0 bridgehead atoms. The summed E-state index contributed by atoms with van der Waals surface area (Å²) in [6, 6.07) is 23.3. The summed E-state index contributed by atoms with van der Waals surface area (Å²) in [5.74, 6) is 0. The van der Waals surface area contributed by atoms with E-state index in [4.69, 9.17) is 4.43 Å². The smallest absolute Gasteiger partial charge is 0.187 e. The lowest BCUT2D eigenvalue weighted by Gasteiger charge is -2.47. The van der Waals surface area contributed by atoms with Crippen LogP contribution in [0.5, 0.6) is 0 Å². The second-order valence-electron chi connectivity index (χ2n) is 7.32. The van der Waals surface area contributed by atoms with Gasteiger partial charge in [-0.15, -0.1) is 0 Å². The topological polar surface area (TPSA) is 9.23 Å². The number of hydrogen-bond acceptors (Lipinski definition) is 1. The van der Waals surface area contributed by atoms with E-state index in [1.165, 1.54) is 23.6 Å². The largest absolute Gasteiger partial charge is 0.413 e. The number of hydrogen-bond donors (Lipinski definition) is 0. The molecule has 1 heterocycles. The van der Waals surface area contributed by atoms with Gasteiger partial charge in [0.25, 0.3) is 0 Å². The molecule has 3 rings (SSSR count). The van der Waals surface area contributed by atoms with Crippen LogP contribution < -0.4 is 0 Å². The highest BCUT2D eigenvalue weighted by Crippen LogP contribution is 2.45. The minimum Gasteiger partial charge on any atom is -0.413 e. The quantitative estimate of drug-likeness (QED) is 0.649. The van der Waals surface area contributed by atoms with Crippen LogP contribution in [0.1, 0.15) is 37.3 Å². The first-order valence-corrected chi connectivity index (χ1v) is 12.0. The van der Waals surface area contributed by atoms with Gasteiger partial charge in [-0.2, -0.15) is 0 Å². The zero-order valence-corrected chi connectivity index (χ0v) is 15.6. The molecule has 1 aliphatic rings. The molecule has 0 aliphatic carbocycles. The second-order valence-corrected chi connectivity index (χ2v) is 11.6. The highest BCUT2D eigenvalue weighted by Gasteiger charge is 2.45. The zero-order chi connectivity index (χ0) is 16.3. The van der Waals surface area contributed by atoms with E-state index >= 15 is 0 Å². The van der Waals surface area contributed by atoms with Crippen molar-refractivity contribution < 1.29 is 4.43 Å². The van der Waals surface area contributed by atoms with Crippen molar-refractivity contribution in [3.05, 3.63) is 71.8 Å². The van der Waals surface area contributed by atoms with Gasteiger partial charge in [0.05, 0.1) is 6.10 Å².